The monoisotopic (exact) mass is 174 g/mol. The largest absolute Gasteiger partial charge is 0.281 e. The summed E-state index contributed by atoms with van der Waals surface area (Å²) in [5.41, 5.74) is 0. The fourth-order valence-corrected chi connectivity index (χ4v) is 1.96. The molecule has 1 nitrogen and oxygen atoms in total. The van der Waals surface area contributed by atoms with E-state index >= 15 is 0 Å². The number of carbonyl (C=O) groups is 1. The predicted octanol–water partition coefficient (Wildman–Crippen LogP) is 3.11. The zero-order valence-electron chi connectivity index (χ0n) is 6.81. The molecule has 0 radical (unpaired) electrons. The first-order valence-corrected chi connectivity index (χ1v) is 4.85. The van der Waals surface area contributed by atoms with Crippen LogP contribution < -0.4 is 0 Å². The molecule has 0 aromatic carbocycles. The summed E-state index contributed by atoms with van der Waals surface area (Å²) in [6.45, 7) is 0. The second-order valence-corrected chi connectivity index (χ2v) is 3.82. The second-order valence-electron chi connectivity index (χ2n) is 3.40. The van der Waals surface area contributed by atoms with Gasteiger partial charge in [-0.3, -0.25) is 4.79 Å². The van der Waals surface area contributed by atoms with Gasteiger partial charge in [0.05, 0.1) is 0 Å². The van der Waals surface area contributed by atoms with Crippen LogP contribution in [-0.2, 0) is 4.79 Å². The normalized spacial score (nSPS) is 19.0. The highest BCUT2D eigenvalue weighted by molar-refractivity contribution is 6.63. The molecule has 0 aromatic rings. The second kappa shape index (κ2) is 4.76. The minimum absolute atomic E-state index is 0.178. The first-order valence-electron chi connectivity index (χ1n) is 4.47. The average Bonchev–Trinajstić information content (AvgIpc) is 2.39. The van der Waals surface area contributed by atoms with E-state index in [9.17, 15) is 4.79 Å². The third-order valence-electron chi connectivity index (χ3n) is 2.46. The molecule has 2 heteroatoms. The molecule has 0 N–H and O–H groups in total. The number of carbonyl (C=O) groups excluding carboxylic acids is 1. The van der Waals surface area contributed by atoms with Crippen LogP contribution in [0.3, 0.4) is 0 Å². The molecule has 64 valence electrons. The minimum Gasteiger partial charge on any atom is -0.281 e. The number of hydrogen-bond donors (Lipinski definition) is 0. The summed E-state index contributed by atoms with van der Waals surface area (Å²) >= 11 is 5.22. The molecule has 0 heterocycles. The van der Waals surface area contributed by atoms with E-state index in [4.69, 9.17) is 11.6 Å². The van der Waals surface area contributed by atoms with Crippen molar-refractivity contribution < 1.29 is 4.79 Å². The van der Waals surface area contributed by atoms with Crippen LogP contribution in [0.4, 0.5) is 0 Å². The quantitative estimate of drug-likeness (QED) is 0.599. The van der Waals surface area contributed by atoms with E-state index in [0.29, 0.717) is 6.42 Å². The van der Waals surface area contributed by atoms with Gasteiger partial charge in [0.1, 0.15) is 0 Å². The van der Waals surface area contributed by atoms with E-state index in [1.165, 1.54) is 32.1 Å². The third-order valence-corrected chi connectivity index (χ3v) is 2.65. The molecule has 1 fully saturated rings. The molecule has 1 aliphatic rings. The molecule has 1 saturated carbocycles. The van der Waals surface area contributed by atoms with Gasteiger partial charge in [0.25, 0.3) is 0 Å². The van der Waals surface area contributed by atoms with Crippen molar-refractivity contribution >= 4 is 16.8 Å². The van der Waals surface area contributed by atoms with Gasteiger partial charge in [-0.1, -0.05) is 25.7 Å². The van der Waals surface area contributed by atoms with Crippen molar-refractivity contribution in [3.63, 3.8) is 0 Å². The van der Waals surface area contributed by atoms with Gasteiger partial charge < -0.3 is 0 Å². The van der Waals surface area contributed by atoms with Gasteiger partial charge in [-0.2, -0.15) is 0 Å². The van der Waals surface area contributed by atoms with Crippen molar-refractivity contribution in [1.29, 1.82) is 0 Å². The van der Waals surface area contributed by atoms with Crippen LogP contribution in [0.1, 0.15) is 44.9 Å². The number of halogens is 1. The summed E-state index contributed by atoms with van der Waals surface area (Å²) in [6, 6.07) is 0. The summed E-state index contributed by atoms with van der Waals surface area (Å²) in [7, 11) is 0. The van der Waals surface area contributed by atoms with Gasteiger partial charge in [0, 0.05) is 6.42 Å². The maximum absolute atomic E-state index is 10.4. The molecule has 0 amide bonds. The summed E-state index contributed by atoms with van der Waals surface area (Å²) in [5, 5.41) is -0.178. The Morgan fingerprint density at radius 2 is 2.00 bits per heavy atom. The lowest BCUT2D eigenvalue weighted by atomic mass is 10.0. The Hall–Kier alpha value is -0.0400. The zero-order chi connectivity index (χ0) is 8.10. The summed E-state index contributed by atoms with van der Waals surface area (Å²) in [6.07, 6.45) is 8.29. The summed E-state index contributed by atoms with van der Waals surface area (Å²) < 4.78 is 0. The van der Waals surface area contributed by atoms with Gasteiger partial charge >= 0.3 is 0 Å². The Morgan fingerprint density at radius 3 is 2.55 bits per heavy atom. The maximum atomic E-state index is 10.4. The van der Waals surface area contributed by atoms with E-state index in [1.807, 2.05) is 0 Å². The lowest BCUT2D eigenvalue weighted by Crippen LogP contribution is -1.94. The van der Waals surface area contributed by atoms with Crippen LogP contribution >= 0.6 is 11.6 Å². The molecule has 0 unspecified atom stereocenters. The summed E-state index contributed by atoms with van der Waals surface area (Å²) in [5.74, 6) is 0.894. The smallest absolute Gasteiger partial charge is 0.221 e. The first kappa shape index (κ1) is 9.05. The van der Waals surface area contributed by atoms with E-state index < -0.39 is 0 Å². The number of rotatable bonds is 4. The van der Waals surface area contributed by atoms with Crippen LogP contribution in [-0.4, -0.2) is 5.24 Å². The van der Waals surface area contributed by atoms with E-state index in [0.717, 1.165) is 12.3 Å². The highest BCUT2D eigenvalue weighted by atomic mass is 35.5. The number of hydrogen-bond acceptors (Lipinski definition) is 1. The highest BCUT2D eigenvalue weighted by Crippen LogP contribution is 2.28. The van der Waals surface area contributed by atoms with Crippen molar-refractivity contribution in [2.45, 2.75) is 44.9 Å². The lowest BCUT2D eigenvalue weighted by Gasteiger charge is -2.05. The molecule has 0 bridgehead atoms. The van der Waals surface area contributed by atoms with Crippen LogP contribution in [0, 0.1) is 5.92 Å². The SMILES string of the molecule is O=C(Cl)CCCC1CCCC1. The van der Waals surface area contributed by atoms with Crippen molar-refractivity contribution in [2.75, 3.05) is 0 Å². The molecule has 0 aromatic heterocycles. The minimum atomic E-state index is -0.178. The maximum Gasteiger partial charge on any atom is 0.221 e. The Labute approximate surface area is 73.1 Å². The standard InChI is InChI=1S/C9H15ClO/c10-9(11)7-3-6-8-4-1-2-5-8/h8H,1-7H2. The van der Waals surface area contributed by atoms with Gasteiger partial charge in [-0.25, -0.2) is 0 Å². The van der Waals surface area contributed by atoms with Crippen molar-refractivity contribution in [2.24, 2.45) is 5.92 Å². The lowest BCUT2D eigenvalue weighted by molar-refractivity contribution is -0.111. The van der Waals surface area contributed by atoms with Gasteiger partial charge in [0.15, 0.2) is 0 Å². The van der Waals surface area contributed by atoms with E-state index in [2.05, 4.69) is 0 Å². The van der Waals surface area contributed by atoms with Gasteiger partial charge in [-0.05, 0) is 30.4 Å². The molecular weight excluding hydrogens is 160 g/mol. The zero-order valence-corrected chi connectivity index (χ0v) is 7.57. The van der Waals surface area contributed by atoms with Crippen molar-refractivity contribution in [3.05, 3.63) is 0 Å². The van der Waals surface area contributed by atoms with Crippen LogP contribution in [0.2, 0.25) is 0 Å². The van der Waals surface area contributed by atoms with Gasteiger partial charge in [0.2, 0.25) is 5.24 Å². The Balaban J connectivity index is 1.98. The van der Waals surface area contributed by atoms with Gasteiger partial charge in [-0.15, -0.1) is 0 Å². The van der Waals surface area contributed by atoms with Crippen molar-refractivity contribution in [3.8, 4) is 0 Å². The van der Waals surface area contributed by atoms with Crippen LogP contribution in [0.15, 0.2) is 0 Å². The summed E-state index contributed by atoms with van der Waals surface area (Å²) in [4.78, 5) is 10.4. The topological polar surface area (TPSA) is 17.1 Å². The third kappa shape index (κ3) is 3.76. The molecular formula is C9H15ClO. The molecule has 11 heavy (non-hydrogen) atoms. The molecule has 0 spiro atoms. The predicted molar refractivity (Wildman–Crippen MR) is 46.7 cm³/mol. The first-order chi connectivity index (χ1) is 5.29. The molecule has 0 aliphatic heterocycles. The van der Waals surface area contributed by atoms with Crippen molar-refractivity contribution in [1.82, 2.24) is 0 Å². The Bertz CT molecular complexity index is 128. The average molecular weight is 175 g/mol. The molecule has 1 rings (SSSR count). The van der Waals surface area contributed by atoms with Crippen LogP contribution in [0.25, 0.3) is 0 Å². The fourth-order valence-electron chi connectivity index (χ4n) is 1.83. The molecule has 1 aliphatic carbocycles. The highest BCUT2D eigenvalue weighted by Gasteiger charge is 2.14. The van der Waals surface area contributed by atoms with E-state index in [-0.39, 0.29) is 5.24 Å². The fraction of sp³-hybridized carbons (Fsp3) is 0.889. The van der Waals surface area contributed by atoms with Crippen LogP contribution in [0.5, 0.6) is 0 Å². The van der Waals surface area contributed by atoms with E-state index in [1.54, 1.807) is 0 Å². The molecule has 0 saturated heterocycles. The Morgan fingerprint density at radius 1 is 1.36 bits per heavy atom. The Kier molecular flexibility index (Phi) is 3.92. The molecule has 0 atom stereocenters.